The first-order valence-electron chi connectivity index (χ1n) is 10.0. The molecule has 0 spiro atoms. The molecule has 7 heteroatoms. The Balaban J connectivity index is 1.28. The number of hydrazine groups is 1. The second-order valence-electron chi connectivity index (χ2n) is 7.64. The average Bonchev–Trinajstić information content (AvgIpc) is 3.37. The smallest absolute Gasteiger partial charge is 0.268 e. The van der Waals surface area contributed by atoms with Gasteiger partial charge in [-0.3, -0.25) is 25.1 Å². The summed E-state index contributed by atoms with van der Waals surface area (Å²) in [5.74, 6) is -0.0153. The first kappa shape index (κ1) is 20.1. The zero-order valence-electron chi connectivity index (χ0n) is 16.8. The number of thiophene rings is 1. The lowest BCUT2D eigenvalue weighted by Gasteiger charge is -2.16. The molecule has 6 nitrogen and oxygen atoms in total. The predicted octanol–water partition coefficient (Wildman–Crippen LogP) is 3.59. The maximum absolute atomic E-state index is 12.3. The maximum atomic E-state index is 12.3. The van der Waals surface area contributed by atoms with E-state index in [9.17, 15) is 9.59 Å². The summed E-state index contributed by atoms with van der Waals surface area (Å²) in [4.78, 5) is 26.3. The van der Waals surface area contributed by atoms with Crippen molar-refractivity contribution in [1.82, 2.24) is 20.6 Å². The summed E-state index contributed by atoms with van der Waals surface area (Å²) >= 11 is 1.52. The van der Waals surface area contributed by atoms with Gasteiger partial charge in [-0.1, -0.05) is 37.3 Å². The van der Waals surface area contributed by atoms with Gasteiger partial charge in [-0.25, -0.2) is 0 Å². The van der Waals surface area contributed by atoms with Gasteiger partial charge in [0.25, 0.3) is 11.8 Å². The molecule has 3 aromatic rings. The molecule has 0 radical (unpaired) electrons. The van der Waals surface area contributed by atoms with Crippen LogP contribution in [-0.4, -0.2) is 21.6 Å². The highest BCUT2D eigenvalue weighted by Crippen LogP contribution is 2.32. The molecule has 0 unspecified atom stereocenters. The Labute approximate surface area is 179 Å². The normalized spacial score (nSPS) is 15.7. The summed E-state index contributed by atoms with van der Waals surface area (Å²) < 4.78 is 1.81. The highest BCUT2D eigenvalue weighted by Gasteiger charge is 2.20. The second-order valence-corrected chi connectivity index (χ2v) is 8.78. The lowest BCUT2D eigenvalue weighted by atomic mass is 9.90. The lowest BCUT2D eigenvalue weighted by molar-refractivity contribution is -0.117. The van der Waals surface area contributed by atoms with Crippen molar-refractivity contribution in [3.8, 4) is 0 Å². The second kappa shape index (κ2) is 9.09. The van der Waals surface area contributed by atoms with E-state index in [4.69, 9.17) is 0 Å². The van der Waals surface area contributed by atoms with Crippen LogP contribution in [0.4, 0.5) is 0 Å². The van der Waals surface area contributed by atoms with Gasteiger partial charge in [0.1, 0.15) is 0 Å². The van der Waals surface area contributed by atoms with Crippen molar-refractivity contribution in [1.29, 1.82) is 0 Å². The molecule has 2 aromatic heterocycles. The van der Waals surface area contributed by atoms with E-state index < -0.39 is 5.91 Å². The number of benzene rings is 1. The quantitative estimate of drug-likeness (QED) is 0.489. The Hall–Kier alpha value is -3.19. The first-order valence-corrected chi connectivity index (χ1v) is 10.8. The lowest BCUT2D eigenvalue weighted by Crippen LogP contribution is -2.40. The third-order valence-corrected chi connectivity index (χ3v) is 6.36. The van der Waals surface area contributed by atoms with Crippen molar-refractivity contribution in [3.63, 3.8) is 0 Å². The average molecular weight is 421 g/mol. The zero-order chi connectivity index (χ0) is 20.9. The van der Waals surface area contributed by atoms with E-state index in [0.717, 1.165) is 30.4 Å². The molecule has 0 saturated carbocycles. The molecule has 4 rings (SSSR count). The molecule has 1 atom stereocenters. The molecule has 154 valence electrons. The van der Waals surface area contributed by atoms with Gasteiger partial charge in [-0.15, -0.1) is 11.3 Å². The van der Waals surface area contributed by atoms with E-state index in [1.807, 2.05) is 47.3 Å². The minimum Gasteiger partial charge on any atom is -0.268 e. The summed E-state index contributed by atoms with van der Waals surface area (Å²) in [6, 6.07) is 12.0. The third-order valence-electron chi connectivity index (χ3n) is 5.12. The zero-order valence-corrected chi connectivity index (χ0v) is 17.6. The number of carbonyl (C=O) groups excluding carboxylic acids is 2. The van der Waals surface area contributed by atoms with Gasteiger partial charge in [0.2, 0.25) is 0 Å². The topological polar surface area (TPSA) is 76.0 Å². The summed E-state index contributed by atoms with van der Waals surface area (Å²) in [6.07, 6.45) is 9.83. The number of aryl methyl sites for hydroxylation is 1. The number of amides is 2. The van der Waals surface area contributed by atoms with Gasteiger partial charge in [-0.2, -0.15) is 5.10 Å². The summed E-state index contributed by atoms with van der Waals surface area (Å²) in [5, 5.41) is 4.31. The Morgan fingerprint density at radius 1 is 1.27 bits per heavy atom. The molecule has 1 aliphatic rings. The van der Waals surface area contributed by atoms with Gasteiger partial charge in [0.05, 0.1) is 17.6 Å². The maximum Gasteiger partial charge on any atom is 0.279 e. The SMILES string of the molecule is C[C@@H]1CCc2sc(C(=O)NNC(=O)/C=C/c3cnn(Cc4ccccc4)c3)cc2C1. The van der Waals surface area contributed by atoms with Crippen molar-refractivity contribution in [2.24, 2.45) is 5.92 Å². The Kier molecular flexibility index (Phi) is 6.09. The summed E-state index contributed by atoms with van der Waals surface area (Å²) in [6.45, 7) is 2.90. The number of aromatic nitrogens is 2. The summed E-state index contributed by atoms with van der Waals surface area (Å²) in [5.41, 5.74) is 8.17. The molecule has 0 aliphatic heterocycles. The molecule has 1 aromatic carbocycles. The van der Waals surface area contributed by atoms with Gasteiger partial charge in [-0.05, 0) is 48.4 Å². The number of fused-ring (bicyclic) bond motifs is 1. The molecular formula is C23H24N4O2S. The van der Waals surface area contributed by atoms with Crippen LogP contribution >= 0.6 is 11.3 Å². The van der Waals surface area contributed by atoms with E-state index in [2.05, 4.69) is 22.9 Å². The molecule has 30 heavy (non-hydrogen) atoms. The number of nitrogens with one attached hydrogen (secondary N) is 2. The van der Waals surface area contributed by atoms with Crippen LogP contribution in [0.25, 0.3) is 6.08 Å². The minimum atomic E-state index is -0.394. The number of carbonyl (C=O) groups is 2. The fourth-order valence-corrected chi connectivity index (χ4v) is 4.64. The first-order chi connectivity index (χ1) is 14.6. The van der Waals surface area contributed by atoms with Crippen molar-refractivity contribution in [3.05, 3.63) is 81.3 Å². The van der Waals surface area contributed by atoms with E-state index in [1.54, 1.807) is 12.3 Å². The fourth-order valence-electron chi connectivity index (χ4n) is 3.53. The highest BCUT2D eigenvalue weighted by atomic mass is 32.1. The molecule has 2 N–H and O–H groups in total. The van der Waals surface area contributed by atoms with E-state index in [0.29, 0.717) is 17.3 Å². The van der Waals surface area contributed by atoms with Crippen LogP contribution in [0.15, 0.2) is 54.9 Å². The monoisotopic (exact) mass is 420 g/mol. The van der Waals surface area contributed by atoms with Gasteiger partial charge < -0.3 is 0 Å². The molecule has 2 heterocycles. The van der Waals surface area contributed by atoms with Crippen LogP contribution < -0.4 is 10.9 Å². The molecular weight excluding hydrogens is 396 g/mol. The Bertz CT molecular complexity index is 1070. The molecule has 0 saturated heterocycles. The van der Waals surface area contributed by atoms with Crippen LogP contribution in [0.3, 0.4) is 0 Å². The van der Waals surface area contributed by atoms with Crippen molar-refractivity contribution >= 4 is 29.2 Å². The van der Waals surface area contributed by atoms with E-state index >= 15 is 0 Å². The molecule has 1 aliphatic carbocycles. The van der Waals surface area contributed by atoms with Crippen LogP contribution in [0.2, 0.25) is 0 Å². The van der Waals surface area contributed by atoms with Gasteiger partial charge >= 0.3 is 0 Å². The van der Waals surface area contributed by atoms with Crippen LogP contribution in [0, 0.1) is 5.92 Å². The third kappa shape index (κ3) is 5.04. The molecule has 0 fully saturated rings. The fraction of sp³-hybridized carbons (Fsp3) is 0.261. The van der Waals surface area contributed by atoms with E-state index in [1.165, 1.54) is 27.9 Å². The Morgan fingerprint density at radius 2 is 2.10 bits per heavy atom. The van der Waals surface area contributed by atoms with Crippen LogP contribution in [-0.2, 0) is 24.2 Å². The van der Waals surface area contributed by atoms with Gasteiger partial charge in [0, 0.05) is 22.7 Å². The molecule has 2 amide bonds. The van der Waals surface area contributed by atoms with Crippen molar-refractivity contribution in [2.45, 2.75) is 32.7 Å². The van der Waals surface area contributed by atoms with E-state index in [-0.39, 0.29) is 5.91 Å². The van der Waals surface area contributed by atoms with Crippen LogP contribution in [0.1, 0.15) is 44.6 Å². The standard InChI is InChI=1S/C23H24N4O2S/c1-16-7-9-20-19(11-16)12-21(30-20)23(29)26-25-22(28)10-8-18-13-24-27(15-18)14-17-5-3-2-4-6-17/h2-6,8,10,12-13,15-16H,7,9,11,14H2,1H3,(H,25,28)(H,26,29)/b10-8+/t16-/m1/s1. The molecule has 0 bridgehead atoms. The summed E-state index contributed by atoms with van der Waals surface area (Å²) in [7, 11) is 0. The minimum absolute atomic E-state index is 0.278. The predicted molar refractivity (Wildman–Crippen MR) is 118 cm³/mol. The highest BCUT2D eigenvalue weighted by molar-refractivity contribution is 7.14. The van der Waals surface area contributed by atoms with Gasteiger partial charge in [0.15, 0.2) is 0 Å². The number of hydrogen-bond donors (Lipinski definition) is 2. The largest absolute Gasteiger partial charge is 0.279 e. The number of hydrogen-bond acceptors (Lipinski definition) is 4. The van der Waals surface area contributed by atoms with Crippen molar-refractivity contribution in [2.75, 3.05) is 0 Å². The number of nitrogens with zero attached hydrogens (tertiary/aromatic N) is 2. The van der Waals surface area contributed by atoms with Crippen molar-refractivity contribution < 1.29 is 9.59 Å². The Morgan fingerprint density at radius 3 is 2.93 bits per heavy atom. The number of rotatable bonds is 5. The van der Waals surface area contributed by atoms with Crippen LogP contribution in [0.5, 0.6) is 0 Å².